The summed E-state index contributed by atoms with van der Waals surface area (Å²) in [5.74, 6) is 0.815. The first-order valence-electron chi connectivity index (χ1n) is 4.86. The van der Waals surface area contributed by atoms with Gasteiger partial charge in [-0.25, -0.2) is 0 Å². The highest BCUT2D eigenvalue weighted by molar-refractivity contribution is 4.88. The van der Waals surface area contributed by atoms with Crippen molar-refractivity contribution in [3.63, 3.8) is 0 Å². The first-order chi connectivity index (χ1) is 5.42. The Balaban J connectivity index is 1.89. The Bertz CT molecular complexity index is 132. The molecule has 0 bridgehead atoms. The Hall–Kier alpha value is -0.0800. The summed E-state index contributed by atoms with van der Waals surface area (Å²) < 4.78 is 0. The van der Waals surface area contributed by atoms with Gasteiger partial charge in [-0.1, -0.05) is 6.42 Å². The van der Waals surface area contributed by atoms with Gasteiger partial charge in [0.2, 0.25) is 0 Å². The molecule has 64 valence electrons. The Morgan fingerprint density at radius 3 is 2.55 bits per heavy atom. The molecule has 2 unspecified atom stereocenters. The van der Waals surface area contributed by atoms with Crippen molar-refractivity contribution >= 4 is 0 Å². The van der Waals surface area contributed by atoms with Crippen molar-refractivity contribution in [2.75, 3.05) is 19.6 Å². The molecule has 2 N–H and O–H groups in total. The average molecular weight is 154 g/mol. The van der Waals surface area contributed by atoms with Crippen LogP contribution in [0.2, 0.25) is 0 Å². The predicted molar refractivity (Wildman–Crippen MR) is 46.4 cm³/mol. The van der Waals surface area contributed by atoms with Crippen LogP contribution >= 0.6 is 0 Å². The molecule has 0 radical (unpaired) electrons. The van der Waals surface area contributed by atoms with Crippen LogP contribution in [-0.2, 0) is 0 Å². The van der Waals surface area contributed by atoms with Gasteiger partial charge in [-0.15, -0.1) is 0 Å². The fourth-order valence-electron chi connectivity index (χ4n) is 2.45. The van der Waals surface area contributed by atoms with E-state index in [9.17, 15) is 0 Å². The lowest BCUT2D eigenvalue weighted by molar-refractivity contribution is 0.0942. The number of likely N-dealkylation sites (tertiary alicyclic amines) is 1. The van der Waals surface area contributed by atoms with Gasteiger partial charge in [0.15, 0.2) is 0 Å². The summed E-state index contributed by atoms with van der Waals surface area (Å²) in [6, 6.07) is 0.855. The summed E-state index contributed by atoms with van der Waals surface area (Å²) in [6.45, 7) is 3.57. The van der Waals surface area contributed by atoms with Gasteiger partial charge in [0.1, 0.15) is 0 Å². The molecule has 1 aliphatic heterocycles. The maximum absolute atomic E-state index is 5.71. The quantitative estimate of drug-likeness (QED) is 0.638. The lowest BCUT2D eigenvalue weighted by Gasteiger charge is -2.39. The van der Waals surface area contributed by atoms with Gasteiger partial charge in [0.25, 0.3) is 0 Å². The van der Waals surface area contributed by atoms with E-state index in [0.29, 0.717) is 0 Å². The normalized spacial score (nSPS) is 39.0. The van der Waals surface area contributed by atoms with Crippen LogP contribution in [0.4, 0.5) is 0 Å². The van der Waals surface area contributed by atoms with Crippen molar-refractivity contribution in [1.82, 2.24) is 4.90 Å². The molecule has 2 rings (SSSR count). The van der Waals surface area contributed by atoms with Gasteiger partial charge in [-0.05, 0) is 44.8 Å². The summed E-state index contributed by atoms with van der Waals surface area (Å²) in [6.07, 6.45) is 5.59. The molecule has 2 aliphatic rings. The molecular weight excluding hydrogens is 136 g/mol. The molecule has 1 aliphatic carbocycles. The second-order valence-electron chi connectivity index (χ2n) is 3.88. The van der Waals surface area contributed by atoms with Gasteiger partial charge >= 0.3 is 0 Å². The Morgan fingerprint density at radius 2 is 2.00 bits per heavy atom. The number of hydrogen-bond donors (Lipinski definition) is 1. The summed E-state index contributed by atoms with van der Waals surface area (Å²) in [5, 5.41) is 0. The zero-order chi connectivity index (χ0) is 7.68. The first-order valence-corrected chi connectivity index (χ1v) is 4.86. The second kappa shape index (κ2) is 3.11. The largest absolute Gasteiger partial charge is 0.330 e. The minimum absolute atomic E-state index is 0.815. The summed E-state index contributed by atoms with van der Waals surface area (Å²) in [7, 11) is 0. The molecule has 2 nitrogen and oxygen atoms in total. The standard InChI is InChI=1S/C9H18N2/c10-7-8-3-1-4-9(8)11-5-2-6-11/h8-9H,1-7,10H2. The van der Waals surface area contributed by atoms with Crippen LogP contribution in [0.5, 0.6) is 0 Å². The number of hydrogen-bond acceptors (Lipinski definition) is 2. The summed E-state index contributed by atoms with van der Waals surface area (Å²) in [5.41, 5.74) is 5.71. The van der Waals surface area contributed by atoms with Crippen LogP contribution < -0.4 is 5.73 Å². The van der Waals surface area contributed by atoms with E-state index in [1.807, 2.05) is 0 Å². The van der Waals surface area contributed by atoms with Crippen LogP contribution in [0, 0.1) is 5.92 Å². The zero-order valence-corrected chi connectivity index (χ0v) is 7.13. The van der Waals surface area contributed by atoms with E-state index >= 15 is 0 Å². The van der Waals surface area contributed by atoms with Crippen LogP contribution in [-0.4, -0.2) is 30.6 Å². The molecule has 0 amide bonds. The van der Waals surface area contributed by atoms with Crippen LogP contribution in [0.1, 0.15) is 25.7 Å². The van der Waals surface area contributed by atoms with Crippen molar-refractivity contribution in [2.45, 2.75) is 31.7 Å². The molecular formula is C9H18N2. The molecule has 0 aromatic heterocycles. The summed E-state index contributed by atoms with van der Waals surface area (Å²) >= 11 is 0. The van der Waals surface area contributed by atoms with E-state index in [1.54, 1.807) is 0 Å². The third kappa shape index (κ3) is 1.30. The van der Waals surface area contributed by atoms with Gasteiger partial charge in [0.05, 0.1) is 0 Å². The van der Waals surface area contributed by atoms with Crippen molar-refractivity contribution in [1.29, 1.82) is 0 Å². The number of rotatable bonds is 2. The van der Waals surface area contributed by atoms with Crippen LogP contribution in [0.15, 0.2) is 0 Å². The highest BCUT2D eigenvalue weighted by Gasteiger charge is 2.33. The fourth-order valence-corrected chi connectivity index (χ4v) is 2.45. The minimum Gasteiger partial charge on any atom is -0.330 e. The van der Waals surface area contributed by atoms with E-state index < -0.39 is 0 Å². The molecule has 1 heterocycles. The zero-order valence-electron chi connectivity index (χ0n) is 7.13. The molecule has 0 aromatic rings. The van der Waals surface area contributed by atoms with E-state index in [1.165, 1.54) is 38.8 Å². The highest BCUT2D eigenvalue weighted by atomic mass is 15.2. The minimum atomic E-state index is 0.815. The van der Waals surface area contributed by atoms with E-state index in [-0.39, 0.29) is 0 Å². The molecule has 2 atom stereocenters. The van der Waals surface area contributed by atoms with Crippen LogP contribution in [0.3, 0.4) is 0 Å². The molecule has 0 aromatic carbocycles. The summed E-state index contributed by atoms with van der Waals surface area (Å²) in [4.78, 5) is 2.62. The monoisotopic (exact) mass is 154 g/mol. The Labute approximate surface area is 68.7 Å². The van der Waals surface area contributed by atoms with Gasteiger partial charge in [-0.3, -0.25) is 4.90 Å². The number of nitrogens with zero attached hydrogens (tertiary/aromatic N) is 1. The van der Waals surface area contributed by atoms with E-state index in [4.69, 9.17) is 5.73 Å². The smallest absolute Gasteiger partial charge is 0.0136 e. The van der Waals surface area contributed by atoms with Gasteiger partial charge in [-0.2, -0.15) is 0 Å². The molecule has 1 saturated carbocycles. The Kier molecular flexibility index (Phi) is 2.14. The molecule has 1 saturated heterocycles. The van der Waals surface area contributed by atoms with Gasteiger partial charge in [0, 0.05) is 6.04 Å². The van der Waals surface area contributed by atoms with E-state index in [0.717, 1.165) is 18.5 Å². The van der Waals surface area contributed by atoms with Gasteiger partial charge < -0.3 is 5.73 Å². The number of nitrogens with two attached hydrogens (primary N) is 1. The van der Waals surface area contributed by atoms with Crippen molar-refractivity contribution in [3.05, 3.63) is 0 Å². The third-order valence-electron chi connectivity index (χ3n) is 3.28. The van der Waals surface area contributed by atoms with E-state index in [2.05, 4.69) is 4.90 Å². The lowest BCUT2D eigenvalue weighted by atomic mass is 9.99. The fraction of sp³-hybridized carbons (Fsp3) is 1.00. The topological polar surface area (TPSA) is 29.3 Å². The SMILES string of the molecule is NCC1CCCC1N1CCC1. The second-order valence-corrected chi connectivity index (χ2v) is 3.88. The van der Waals surface area contributed by atoms with Crippen molar-refractivity contribution in [2.24, 2.45) is 11.7 Å². The van der Waals surface area contributed by atoms with Crippen LogP contribution in [0.25, 0.3) is 0 Å². The third-order valence-corrected chi connectivity index (χ3v) is 3.28. The maximum atomic E-state index is 5.71. The average Bonchev–Trinajstić information content (AvgIpc) is 2.32. The molecule has 11 heavy (non-hydrogen) atoms. The van der Waals surface area contributed by atoms with Crippen molar-refractivity contribution < 1.29 is 0 Å². The predicted octanol–water partition coefficient (Wildman–Crippen LogP) is 0.820. The molecule has 0 spiro atoms. The first kappa shape index (κ1) is 7.56. The Morgan fingerprint density at radius 1 is 1.18 bits per heavy atom. The molecule has 2 heteroatoms. The van der Waals surface area contributed by atoms with Crippen molar-refractivity contribution in [3.8, 4) is 0 Å². The molecule has 2 fully saturated rings. The lowest BCUT2D eigenvalue weighted by Crippen LogP contribution is -2.48. The maximum Gasteiger partial charge on any atom is 0.0136 e. The highest BCUT2D eigenvalue weighted by Crippen LogP contribution is 2.31.